The highest BCUT2D eigenvalue weighted by molar-refractivity contribution is 5.74. The Morgan fingerprint density at radius 3 is 2.71 bits per heavy atom. The van der Waals surface area contributed by atoms with Crippen LogP contribution >= 0.6 is 0 Å². The van der Waals surface area contributed by atoms with Gasteiger partial charge in [-0.15, -0.1) is 0 Å². The topological polar surface area (TPSA) is 64.6 Å². The highest BCUT2D eigenvalue weighted by atomic mass is 16.3. The van der Waals surface area contributed by atoms with E-state index >= 15 is 0 Å². The number of aliphatic hydroxyl groups is 1. The maximum Gasteiger partial charge on any atom is 0.315 e. The Morgan fingerprint density at radius 1 is 1.24 bits per heavy atom. The lowest BCUT2D eigenvalue weighted by Crippen LogP contribution is -2.47. The van der Waals surface area contributed by atoms with Gasteiger partial charge < -0.3 is 15.7 Å². The predicted octanol–water partition coefficient (Wildman–Crippen LogP) is 1.71. The molecule has 0 bridgehead atoms. The molecule has 5 nitrogen and oxygen atoms in total. The molecule has 3 N–H and O–H groups in total. The van der Waals surface area contributed by atoms with Gasteiger partial charge in [0, 0.05) is 19.1 Å². The number of nitrogens with zero attached hydrogens (tertiary/aromatic N) is 1. The summed E-state index contributed by atoms with van der Waals surface area (Å²) in [4.78, 5) is 14.3. The smallest absolute Gasteiger partial charge is 0.315 e. The lowest BCUT2D eigenvalue weighted by atomic mass is 9.89. The molecule has 0 aromatic heterocycles. The number of hydrogen-bond donors (Lipinski definition) is 3. The van der Waals surface area contributed by atoms with Crippen LogP contribution in [0.5, 0.6) is 0 Å². The Balaban J connectivity index is 1.70. The minimum atomic E-state index is -0.188. The van der Waals surface area contributed by atoms with Crippen molar-refractivity contribution < 1.29 is 9.90 Å². The fraction of sp³-hybridized carbons (Fsp3) is 0.938. The zero-order valence-corrected chi connectivity index (χ0v) is 13.3. The normalized spacial score (nSPS) is 25.7. The third kappa shape index (κ3) is 5.47. The van der Waals surface area contributed by atoms with Crippen LogP contribution in [0.4, 0.5) is 4.79 Å². The standard InChI is InChI=1S/C16H31N3O2/c1-13(12-20)18-16(21)17-10-15-8-5-9-19(15)11-14-6-3-2-4-7-14/h13-15,20H,2-12H2,1H3,(H2,17,18,21). The molecule has 0 aromatic rings. The van der Waals surface area contributed by atoms with E-state index in [9.17, 15) is 4.79 Å². The van der Waals surface area contributed by atoms with Gasteiger partial charge >= 0.3 is 6.03 Å². The lowest BCUT2D eigenvalue weighted by molar-refractivity contribution is 0.182. The van der Waals surface area contributed by atoms with Crippen LogP contribution in [-0.2, 0) is 0 Å². The van der Waals surface area contributed by atoms with E-state index < -0.39 is 0 Å². The van der Waals surface area contributed by atoms with E-state index in [0.717, 1.165) is 12.5 Å². The number of hydrogen-bond acceptors (Lipinski definition) is 3. The van der Waals surface area contributed by atoms with Crippen LogP contribution in [-0.4, -0.2) is 54.4 Å². The van der Waals surface area contributed by atoms with Gasteiger partial charge in [-0.05, 0) is 45.1 Å². The quantitative estimate of drug-likeness (QED) is 0.699. The summed E-state index contributed by atoms with van der Waals surface area (Å²) in [6.45, 7) is 4.88. The third-order valence-electron chi connectivity index (χ3n) is 4.87. The summed E-state index contributed by atoms with van der Waals surface area (Å²) < 4.78 is 0. The summed E-state index contributed by atoms with van der Waals surface area (Å²) in [5, 5.41) is 14.6. The minimum absolute atomic E-state index is 0.0232. The third-order valence-corrected chi connectivity index (χ3v) is 4.87. The van der Waals surface area contributed by atoms with Crippen molar-refractivity contribution in [3.05, 3.63) is 0 Å². The highest BCUT2D eigenvalue weighted by Crippen LogP contribution is 2.27. The number of rotatable bonds is 6. The monoisotopic (exact) mass is 297 g/mol. The molecule has 1 saturated carbocycles. The molecule has 0 spiro atoms. The van der Waals surface area contributed by atoms with Crippen molar-refractivity contribution in [2.24, 2.45) is 5.92 Å². The van der Waals surface area contributed by atoms with Crippen molar-refractivity contribution >= 4 is 6.03 Å². The number of urea groups is 1. The largest absolute Gasteiger partial charge is 0.394 e. The SMILES string of the molecule is CC(CO)NC(=O)NCC1CCCN1CC1CCCCC1. The van der Waals surface area contributed by atoms with Crippen LogP contribution in [0.2, 0.25) is 0 Å². The van der Waals surface area contributed by atoms with Crippen LogP contribution in [0.15, 0.2) is 0 Å². The molecule has 2 rings (SSSR count). The zero-order valence-electron chi connectivity index (χ0n) is 13.3. The number of amides is 2. The van der Waals surface area contributed by atoms with Gasteiger partial charge in [-0.3, -0.25) is 4.90 Å². The van der Waals surface area contributed by atoms with Gasteiger partial charge in [0.1, 0.15) is 0 Å². The van der Waals surface area contributed by atoms with Crippen molar-refractivity contribution in [1.82, 2.24) is 15.5 Å². The number of likely N-dealkylation sites (tertiary alicyclic amines) is 1. The summed E-state index contributed by atoms with van der Waals surface area (Å²) in [7, 11) is 0. The van der Waals surface area contributed by atoms with Crippen LogP contribution in [0.1, 0.15) is 51.9 Å². The van der Waals surface area contributed by atoms with Gasteiger partial charge in [0.15, 0.2) is 0 Å². The first-order valence-electron chi connectivity index (χ1n) is 8.58. The second-order valence-corrected chi connectivity index (χ2v) is 6.73. The Bertz CT molecular complexity index is 319. The first-order chi connectivity index (χ1) is 10.2. The van der Waals surface area contributed by atoms with E-state index in [1.807, 2.05) is 0 Å². The van der Waals surface area contributed by atoms with Gasteiger partial charge in [0.05, 0.1) is 12.6 Å². The zero-order chi connectivity index (χ0) is 15.1. The second kappa shape index (κ2) is 8.59. The molecule has 2 unspecified atom stereocenters. The van der Waals surface area contributed by atoms with Crippen LogP contribution < -0.4 is 10.6 Å². The summed E-state index contributed by atoms with van der Waals surface area (Å²) in [5.74, 6) is 0.864. The summed E-state index contributed by atoms with van der Waals surface area (Å²) in [5.41, 5.74) is 0. The molecule has 21 heavy (non-hydrogen) atoms. The molecular weight excluding hydrogens is 266 g/mol. The van der Waals surface area contributed by atoms with Gasteiger partial charge in [-0.1, -0.05) is 19.3 Å². The maximum absolute atomic E-state index is 11.7. The first kappa shape index (κ1) is 16.6. The number of nitrogens with one attached hydrogen (secondary N) is 2. The lowest BCUT2D eigenvalue weighted by Gasteiger charge is -2.31. The van der Waals surface area contributed by atoms with Crippen molar-refractivity contribution in [3.63, 3.8) is 0 Å². The molecule has 0 radical (unpaired) electrons. The molecule has 5 heteroatoms. The van der Waals surface area contributed by atoms with E-state index in [2.05, 4.69) is 15.5 Å². The Hall–Kier alpha value is -0.810. The van der Waals surface area contributed by atoms with Crippen molar-refractivity contribution in [2.75, 3.05) is 26.2 Å². The predicted molar refractivity (Wildman–Crippen MR) is 84.3 cm³/mol. The van der Waals surface area contributed by atoms with Crippen LogP contribution in [0.3, 0.4) is 0 Å². The molecule has 2 atom stereocenters. The Morgan fingerprint density at radius 2 is 2.00 bits per heavy atom. The van der Waals surface area contributed by atoms with E-state index in [4.69, 9.17) is 5.11 Å². The van der Waals surface area contributed by atoms with Crippen LogP contribution in [0.25, 0.3) is 0 Å². The first-order valence-corrected chi connectivity index (χ1v) is 8.58. The van der Waals surface area contributed by atoms with Crippen molar-refractivity contribution in [1.29, 1.82) is 0 Å². The fourth-order valence-electron chi connectivity index (χ4n) is 3.60. The average Bonchev–Trinajstić information content (AvgIpc) is 2.93. The van der Waals surface area contributed by atoms with Crippen LogP contribution in [0, 0.1) is 5.92 Å². The van der Waals surface area contributed by atoms with E-state index in [1.165, 1.54) is 58.0 Å². The summed E-state index contributed by atoms with van der Waals surface area (Å²) >= 11 is 0. The molecule has 1 aliphatic carbocycles. The maximum atomic E-state index is 11.7. The Kier molecular flexibility index (Phi) is 6.77. The molecule has 2 amide bonds. The average molecular weight is 297 g/mol. The van der Waals surface area contributed by atoms with E-state index in [0.29, 0.717) is 6.04 Å². The molecule has 1 aliphatic heterocycles. The molecule has 2 fully saturated rings. The minimum Gasteiger partial charge on any atom is -0.394 e. The van der Waals surface area contributed by atoms with Gasteiger partial charge in [0.2, 0.25) is 0 Å². The number of carbonyl (C=O) groups excluding carboxylic acids is 1. The summed E-state index contributed by atoms with van der Waals surface area (Å²) in [6.07, 6.45) is 9.38. The second-order valence-electron chi connectivity index (χ2n) is 6.73. The summed E-state index contributed by atoms with van der Waals surface area (Å²) in [6, 6.07) is 0.134. The molecule has 2 aliphatic rings. The Labute approximate surface area is 128 Å². The van der Waals surface area contributed by atoms with Gasteiger partial charge in [-0.25, -0.2) is 4.79 Å². The molecule has 0 aromatic carbocycles. The molecular formula is C16H31N3O2. The van der Waals surface area contributed by atoms with Crippen molar-refractivity contribution in [2.45, 2.75) is 64.0 Å². The highest BCUT2D eigenvalue weighted by Gasteiger charge is 2.27. The van der Waals surface area contributed by atoms with Gasteiger partial charge in [0.25, 0.3) is 0 Å². The van der Waals surface area contributed by atoms with Crippen molar-refractivity contribution in [3.8, 4) is 0 Å². The molecule has 1 heterocycles. The number of carbonyl (C=O) groups is 1. The van der Waals surface area contributed by atoms with E-state index in [1.54, 1.807) is 6.92 Å². The molecule has 1 saturated heterocycles. The molecule has 122 valence electrons. The van der Waals surface area contributed by atoms with E-state index in [-0.39, 0.29) is 18.7 Å². The fourth-order valence-corrected chi connectivity index (χ4v) is 3.60. The van der Waals surface area contributed by atoms with Gasteiger partial charge in [-0.2, -0.15) is 0 Å². The number of aliphatic hydroxyl groups excluding tert-OH is 1.